The predicted octanol–water partition coefficient (Wildman–Crippen LogP) is 4.77. The number of rotatable bonds is 3. The number of benzene rings is 2. The van der Waals surface area contributed by atoms with E-state index < -0.39 is 0 Å². The molecule has 0 fully saturated rings. The average molecular weight is 303 g/mol. The summed E-state index contributed by atoms with van der Waals surface area (Å²) in [6, 6.07) is 15.8. The van der Waals surface area contributed by atoms with Crippen LogP contribution < -0.4 is 4.74 Å². The van der Waals surface area contributed by atoms with Crippen LogP contribution in [0.25, 0.3) is 11.0 Å². The van der Waals surface area contributed by atoms with E-state index in [-0.39, 0.29) is 0 Å². The summed E-state index contributed by atoms with van der Waals surface area (Å²) in [5.41, 5.74) is 1.92. The maximum atomic E-state index is 5.72. The largest absolute Gasteiger partial charge is 0.489 e. The highest BCUT2D eigenvalue weighted by Gasteiger charge is 2.08. The Morgan fingerprint density at radius 3 is 2.67 bits per heavy atom. The minimum Gasteiger partial charge on any atom is -0.489 e. The van der Waals surface area contributed by atoms with Gasteiger partial charge in [-0.1, -0.05) is 30.3 Å². The maximum Gasteiger partial charge on any atom is 0.148 e. The molecule has 0 atom stereocenters. The number of fused-ring (bicyclic) bond motifs is 1. The molecule has 2 nitrogen and oxygen atoms in total. The Balaban J connectivity index is 1.85. The van der Waals surface area contributed by atoms with Crippen molar-refractivity contribution in [3.8, 4) is 5.75 Å². The third kappa shape index (κ3) is 2.14. The van der Waals surface area contributed by atoms with E-state index in [1.165, 1.54) is 0 Å². The maximum absolute atomic E-state index is 5.72. The van der Waals surface area contributed by atoms with Gasteiger partial charge >= 0.3 is 0 Å². The Kier molecular flexibility index (Phi) is 3.07. The van der Waals surface area contributed by atoms with Gasteiger partial charge in [0.25, 0.3) is 0 Å². The molecule has 90 valence electrons. The molecule has 0 spiro atoms. The summed E-state index contributed by atoms with van der Waals surface area (Å²) >= 11 is 3.47. The zero-order valence-corrected chi connectivity index (χ0v) is 11.2. The van der Waals surface area contributed by atoms with Gasteiger partial charge in [-0.3, -0.25) is 0 Å². The number of halogens is 1. The predicted molar refractivity (Wildman–Crippen MR) is 74.7 cm³/mol. The molecule has 0 unspecified atom stereocenters. The molecule has 1 aromatic heterocycles. The number of hydrogen-bond acceptors (Lipinski definition) is 2. The smallest absolute Gasteiger partial charge is 0.148 e. The van der Waals surface area contributed by atoms with Gasteiger partial charge < -0.3 is 9.15 Å². The molecule has 3 rings (SSSR count). The van der Waals surface area contributed by atoms with Crippen molar-refractivity contribution >= 4 is 26.9 Å². The number of ether oxygens (including phenoxy) is 1. The number of hydrogen-bond donors (Lipinski definition) is 0. The zero-order valence-electron chi connectivity index (χ0n) is 9.60. The highest BCUT2D eigenvalue weighted by atomic mass is 79.9. The van der Waals surface area contributed by atoms with Crippen LogP contribution in [-0.4, -0.2) is 0 Å². The molecule has 0 bridgehead atoms. The fraction of sp³-hybridized carbons (Fsp3) is 0.0667. The van der Waals surface area contributed by atoms with Crippen molar-refractivity contribution in [1.29, 1.82) is 0 Å². The monoisotopic (exact) mass is 302 g/mol. The molecule has 0 radical (unpaired) electrons. The van der Waals surface area contributed by atoms with E-state index in [0.717, 1.165) is 26.8 Å². The van der Waals surface area contributed by atoms with Gasteiger partial charge in [0.05, 0.1) is 10.7 Å². The minimum absolute atomic E-state index is 0.507. The second-order valence-electron chi connectivity index (χ2n) is 3.98. The van der Waals surface area contributed by atoms with Crippen molar-refractivity contribution in [2.24, 2.45) is 0 Å². The Bertz CT molecular complexity index is 659. The van der Waals surface area contributed by atoms with Crippen LogP contribution in [0.2, 0.25) is 0 Å². The third-order valence-corrected chi connectivity index (χ3v) is 3.39. The van der Waals surface area contributed by atoms with Crippen molar-refractivity contribution in [3.63, 3.8) is 0 Å². The summed E-state index contributed by atoms with van der Waals surface area (Å²) in [7, 11) is 0. The normalized spacial score (nSPS) is 10.7. The first kappa shape index (κ1) is 11.4. The second-order valence-corrected chi connectivity index (χ2v) is 4.83. The topological polar surface area (TPSA) is 22.4 Å². The summed E-state index contributed by atoms with van der Waals surface area (Å²) in [5, 5.41) is 1.08. The van der Waals surface area contributed by atoms with Crippen molar-refractivity contribution in [2.75, 3.05) is 0 Å². The molecule has 0 aliphatic carbocycles. The van der Waals surface area contributed by atoms with E-state index in [1.54, 1.807) is 6.26 Å². The molecule has 1 heterocycles. The van der Waals surface area contributed by atoms with E-state index in [0.29, 0.717) is 6.61 Å². The van der Waals surface area contributed by atoms with Gasteiger partial charge in [0.2, 0.25) is 0 Å². The molecule has 0 saturated heterocycles. The molecular formula is C15H11BrO2. The van der Waals surface area contributed by atoms with Gasteiger partial charge in [-0.2, -0.15) is 0 Å². The third-order valence-electron chi connectivity index (χ3n) is 2.77. The second kappa shape index (κ2) is 4.86. The van der Waals surface area contributed by atoms with E-state index in [9.17, 15) is 0 Å². The fourth-order valence-corrected chi connectivity index (χ4v) is 2.32. The lowest BCUT2D eigenvalue weighted by atomic mass is 10.2. The fourth-order valence-electron chi connectivity index (χ4n) is 1.86. The molecule has 0 saturated carbocycles. The van der Waals surface area contributed by atoms with Crippen molar-refractivity contribution < 1.29 is 9.15 Å². The van der Waals surface area contributed by atoms with Crippen LogP contribution in [0.5, 0.6) is 5.75 Å². The summed E-state index contributed by atoms with van der Waals surface area (Å²) in [4.78, 5) is 0. The van der Waals surface area contributed by atoms with Crippen LogP contribution in [0.1, 0.15) is 5.56 Å². The van der Waals surface area contributed by atoms with Crippen molar-refractivity contribution in [2.45, 2.75) is 6.61 Å². The van der Waals surface area contributed by atoms with Crippen LogP contribution in [0.3, 0.4) is 0 Å². The van der Waals surface area contributed by atoms with Crippen LogP contribution in [0.15, 0.2) is 63.7 Å². The minimum atomic E-state index is 0.507. The average Bonchev–Trinajstić information content (AvgIpc) is 2.82. The molecule has 0 aliphatic heterocycles. The molecule has 0 aliphatic rings. The highest BCUT2D eigenvalue weighted by molar-refractivity contribution is 9.10. The van der Waals surface area contributed by atoms with Gasteiger partial charge in [-0.25, -0.2) is 0 Å². The van der Waals surface area contributed by atoms with Crippen LogP contribution in [-0.2, 0) is 6.61 Å². The standard InChI is InChI=1S/C15H11BrO2/c16-14-8-4-7-13-11(10-18-15(13)14)9-17-12-5-2-1-3-6-12/h1-8,10H,9H2. The summed E-state index contributed by atoms with van der Waals surface area (Å²) < 4.78 is 12.2. The molecule has 2 aromatic carbocycles. The highest BCUT2D eigenvalue weighted by Crippen LogP contribution is 2.28. The van der Waals surface area contributed by atoms with E-state index >= 15 is 0 Å². The Hall–Kier alpha value is -1.74. The summed E-state index contributed by atoms with van der Waals surface area (Å²) in [6.45, 7) is 0.507. The quantitative estimate of drug-likeness (QED) is 0.695. The van der Waals surface area contributed by atoms with Crippen LogP contribution in [0, 0.1) is 0 Å². The number of furan rings is 1. The van der Waals surface area contributed by atoms with E-state index in [4.69, 9.17) is 9.15 Å². The van der Waals surface area contributed by atoms with Crippen molar-refractivity contribution in [3.05, 3.63) is 64.8 Å². The lowest BCUT2D eigenvalue weighted by Crippen LogP contribution is -1.93. The first-order valence-corrected chi connectivity index (χ1v) is 6.46. The number of para-hydroxylation sites is 2. The molecule has 18 heavy (non-hydrogen) atoms. The van der Waals surface area contributed by atoms with Crippen molar-refractivity contribution in [1.82, 2.24) is 0 Å². The Labute approximate surface area is 113 Å². The first-order valence-electron chi connectivity index (χ1n) is 5.67. The van der Waals surface area contributed by atoms with Gasteiger partial charge in [-0.15, -0.1) is 0 Å². The molecule has 3 heteroatoms. The Morgan fingerprint density at radius 2 is 1.83 bits per heavy atom. The zero-order chi connectivity index (χ0) is 12.4. The lowest BCUT2D eigenvalue weighted by Gasteiger charge is -2.04. The van der Waals surface area contributed by atoms with Gasteiger partial charge in [-0.05, 0) is 34.1 Å². The molecule has 0 N–H and O–H groups in total. The van der Waals surface area contributed by atoms with Gasteiger partial charge in [0.1, 0.15) is 17.9 Å². The summed E-state index contributed by atoms with van der Waals surface area (Å²) in [6.07, 6.45) is 1.75. The van der Waals surface area contributed by atoms with E-state index in [1.807, 2.05) is 48.5 Å². The SMILES string of the molecule is Brc1cccc2c(COc3ccccc3)coc12. The van der Waals surface area contributed by atoms with Gasteiger partial charge in [0, 0.05) is 10.9 Å². The summed E-state index contributed by atoms with van der Waals surface area (Å²) in [5.74, 6) is 0.863. The first-order chi connectivity index (χ1) is 8.84. The van der Waals surface area contributed by atoms with Gasteiger partial charge in [0.15, 0.2) is 0 Å². The van der Waals surface area contributed by atoms with E-state index in [2.05, 4.69) is 15.9 Å². The van der Waals surface area contributed by atoms with Crippen LogP contribution in [0.4, 0.5) is 0 Å². The molecule has 0 amide bonds. The molecular weight excluding hydrogens is 292 g/mol. The lowest BCUT2D eigenvalue weighted by molar-refractivity contribution is 0.306. The molecule has 3 aromatic rings. The van der Waals surface area contributed by atoms with Crippen LogP contribution >= 0.6 is 15.9 Å². The Morgan fingerprint density at radius 1 is 1.00 bits per heavy atom.